The highest BCUT2D eigenvalue weighted by molar-refractivity contribution is 5.78. The predicted molar refractivity (Wildman–Crippen MR) is 52.9 cm³/mol. The number of nitrogens with one attached hydrogen (secondary N) is 1. The Labute approximate surface area is 84.6 Å². The lowest BCUT2D eigenvalue weighted by atomic mass is 9.95. The molecule has 2 saturated heterocycles. The fourth-order valence-corrected chi connectivity index (χ4v) is 2.70. The summed E-state index contributed by atoms with van der Waals surface area (Å²) >= 11 is 0. The number of hydrogen-bond acceptors (Lipinski definition) is 3. The number of methoxy groups -OCH3 is 1. The van der Waals surface area contributed by atoms with Crippen LogP contribution < -0.4 is 5.32 Å². The Morgan fingerprint density at radius 3 is 3.00 bits per heavy atom. The molecule has 0 radical (unpaired) electrons. The zero-order valence-corrected chi connectivity index (χ0v) is 8.82. The van der Waals surface area contributed by atoms with E-state index in [1.54, 1.807) is 7.11 Å². The molecular weight excluding hydrogens is 180 g/mol. The first-order valence-electron chi connectivity index (χ1n) is 5.23. The molecule has 3 unspecified atom stereocenters. The molecule has 3 atom stereocenters. The maximum Gasteiger partial charge on any atom is 0.248 e. The first kappa shape index (κ1) is 9.93. The van der Waals surface area contributed by atoms with Gasteiger partial charge in [-0.3, -0.25) is 4.79 Å². The van der Waals surface area contributed by atoms with Crippen molar-refractivity contribution in [3.8, 4) is 0 Å². The van der Waals surface area contributed by atoms with Gasteiger partial charge in [0, 0.05) is 32.8 Å². The molecule has 0 bridgehead atoms. The van der Waals surface area contributed by atoms with Crippen molar-refractivity contribution in [2.45, 2.75) is 13.0 Å². The minimum atomic E-state index is 0.134. The molecule has 2 aliphatic heterocycles. The molecule has 14 heavy (non-hydrogen) atoms. The fraction of sp³-hybridized carbons (Fsp3) is 0.900. The molecule has 4 nitrogen and oxygen atoms in total. The van der Waals surface area contributed by atoms with Crippen LogP contribution in [0.15, 0.2) is 0 Å². The van der Waals surface area contributed by atoms with Gasteiger partial charge < -0.3 is 15.0 Å². The van der Waals surface area contributed by atoms with Gasteiger partial charge in [-0.1, -0.05) is 0 Å². The number of hydrogen-bond donors (Lipinski definition) is 1. The number of carbonyl (C=O) groups is 1. The second-order valence-electron chi connectivity index (χ2n) is 4.30. The number of amides is 1. The summed E-state index contributed by atoms with van der Waals surface area (Å²) in [5, 5.41) is 3.38. The topological polar surface area (TPSA) is 41.6 Å². The van der Waals surface area contributed by atoms with Crippen molar-refractivity contribution in [3.63, 3.8) is 0 Å². The third kappa shape index (κ3) is 1.53. The van der Waals surface area contributed by atoms with Gasteiger partial charge in [-0.2, -0.15) is 0 Å². The van der Waals surface area contributed by atoms with E-state index in [0.717, 1.165) is 19.6 Å². The Hall–Kier alpha value is -0.610. The van der Waals surface area contributed by atoms with Crippen molar-refractivity contribution >= 4 is 5.91 Å². The number of ether oxygens (including phenoxy) is 1. The van der Waals surface area contributed by atoms with Gasteiger partial charge in [0.05, 0.1) is 0 Å². The van der Waals surface area contributed by atoms with Gasteiger partial charge >= 0.3 is 0 Å². The maximum absolute atomic E-state index is 11.7. The van der Waals surface area contributed by atoms with Crippen molar-refractivity contribution < 1.29 is 9.53 Å². The summed E-state index contributed by atoms with van der Waals surface area (Å²) in [6, 6.07) is 0.373. The third-order valence-electron chi connectivity index (χ3n) is 3.52. The Morgan fingerprint density at radius 1 is 1.57 bits per heavy atom. The summed E-state index contributed by atoms with van der Waals surface area (Å²) < 4.78 is 4.88. The zero-order chi connectivity index (χ0) is 10.1. The van der Waals surface area contributed by atoms with Crippen molar-refractivity contribution in [2.24, 2.45) is 11.8 Å². The van der Waals surface area contributed by atoms with Crippen LogP contribution in [0.2, 0.25) is 0 Å². The number of nitrogens with zero attached hydrogens (tertiary/aromatic N) is 1. The van der Waals surface area contributed by atoms with E-state index in [4.69, 9.17) is 4.74 Å². The molecule has 2 aliphatic rings. The average Bonchev–Trinajstić information content (AvgIpc) is 2.69. The maximum atomic E-state index is 11.7. The number of fused-ring (bicyclic) bond motifs is 1. The summed E-state index contributed by atoms with van der Waals surface area (Å²) in [4.78, 5) is 13.6. The van der Waals surface area contributed by atoms with E-state index in [0.29, 0.717) is 17.9 Å². The molecule has 4 heteroatoms. The Balaban J connectivity index is 1.99. The van der Waals surface area contributed by atoms with Crippen LogP contribution in [0, 0.1) is 11.8 Å². The monoisotopic (exact) mass is 198 g/mol. The molecule has 80 valence electrons. The van der Waals surface area contributed by atoms with Gasteiger partial charge in [0.25, 0.3) is 0 Å². The van der Waals surface area contributed by atoms with Crippen LogP contribution >= 0.6 is 0 Å². The molecular formula is C10H18N2O2. The second-order valence-corrected chi connectivity index (χ2v) is 4.30. The number of carbonyl (C=O) groups excluding carboxylic acids is 1. The number of rotatable bonds is 2. The highest BCUT2D eigenvalue weighted by Crippen LogP contribution is 2.32. The van der Waals surface area contributed by atoms with Gasteiger partial charge in [0.2, 0.25) is 5.91 Å². The average molecular weight is 198 g/mol. The molecule has 1 amide bonds. The Bertz CT molecular complexity index is 232. The van der Waals surface area contributed by atoms with Crippen molar-refractivity contribution in [1.29, 1.82) is 0 Å². The molecule has 0 aromatic rings. The summed E-state index contributed by atoms with van der Waals surface area (Å²) in [5.41, 5.74) is 0. The van der Waals surface area contributed by atoms with Gasteiger partial charge in [0.1, 0.15) is 6.61 Å². The standard InChI is InChI=1S/C10H18N2O2/c1-7-9-4-11-3-8(9)5-12(7)10(13)6-14-2/h7-9,11H,3-6H2,1-2H3. The van der Waals surface area contributed by atoms with Gasteiger partial charge in [-0.25, -0.2) is 0 Å². The van der Waals surface area contributed by atoms with Gasteiger partial charge in [-0.15, -0.1) is 0 Å². The van der Waals surface area contributed by atoms with E-state index in [1.165, 1.54) is 0 Å². The summed E-state index contributed by atoms with van der Waals surface area (Å²) in [5.74, 6) is 1.44. The smallest absolute Gasteiger partial charge is 0.248 e. The molecule has 0 aliphatic carbocycles. The molecule has 0 spiro atoms. The van der Waals surface area contributed by atoms with E-state index >= 15 is 0 Å². The van der Waals surface area contributed by atoms with Crippen LogP contribution in [0.5, 0.6) is 0 Å². The largest absolute Gasteiger partial charge is 0.375 e. The van der Waals surface area contributed by atoms with E-state index in [2.05, 4.69) is 12.2 Å². The molecule has 0 aromatic heterocycles. The lowest BCUT2D eigenvalue weighted by molar-refractivity contribution is -0.136. The Kier molecular flexibility index (Phi) is 2.74. The minimum absolute atomic E-state index is 0.134. The van der Waals surface area contributed by atoms with Crippen LogP contribution in [0.3, 0.4) is 0 Å². The zero-order valence-electron chi connectivity index (χ0n) is 8.82. The first-order valence-corrected chi connectivity index (χ1v) is 5.23. The molecule has 0 saturated carbocycles. The fourth-order valence-electron chi connectivity index (χ4n) is 2.70. The van der Waals surface area contributed by atoms with Crippen molar-refractivity contribution in [1.82, 2.24) is 10.2 Å². The second kappa shape index (κ2) is 3.87. The lowest BCUT2D eigenvalue weighted by Crippen LogP contribution is -2.39. The van der Waals surface area contributed by atoms with Gasteiger partial charge in [0.15, 0.2) is 0 Å². The summed E-state index contributed by atoms with van der Waals surface area (Å²) in [6.45, 7) is 5.39. The highest BCUT2D eigenvalue weighted by atomic mass is 16.5. The van der Waals surface area contributed by atoms with Crippen molar-refractivity contribution in [3.05, 3.63) is 0 Å². The van der Waals surface area contributed by atoms with Crippen LogP contribution in [0.1, 0.15) is 6.92 Å². The summed E-state index contributed by atoms with van der Waals surface area (Å²) in [7, 11) is 1.57. The van der Waals surface area contributed by atoms with Crippen LogP contribution in [-0.2, 0) is 9.53 Å². The quantitative estimate of drug-likeness (QED) is 0.662. The van der Waals surface area contributed by atoms with Crippen LogP contribution in [-0.4, -0.2) is 50.2 Å². The lowest BCUT2D eigenvalue weighted by Gasteiger charge is -2.24. The summed E-state index contributed by atoms with van der Waals surface area (Å²) in [6.07, 6.45) is 0. The molecule has 2 fully saturated rings. The van der Waals surface area contributed by atoms with Crippen molar-refractivity contribution in [2.75, 3.05) is 33.4 Å². The minimum Gasteiger partial charge on any atom is -0.375 e. The van der Waals surface area contributed by atoms with Gasteiger partial charge in [-0.05, 0) is 18.8 Å². The third-order valence-corrected chi connectivity index (χ3v) is 3.52. The predicted octanol–water partition coefficient (Wildman–Crippen LogP) is -0.301. The normalized spacial score (nSPS) is 36.1. The van der Waals surface area contributed by atoms with Crippen LogP contribution in [0.25, 0.3) is 0 Å². The molecule has 0 aromatic carbocycles. The Morgan fingerprint density at radius 2 is 2.36 bits per heavy atom. The molecule has 2 rings (SSSR count). The van der Waals surface area contributed by atoms with E-state index in [9.17, 15) is 4.79 Å². The number of likely N-dealkylation sites (tertiary alicyclic amines) is 1. The molecule has 1 N–H and O–H groups in total. The highest BCUT2D eigenvalue weighted by Gasteiger charge is 2.43. The van der Waals surface area contributed by atoms with Crippen LogP contribution in [0.4, 0.5) is 0 Å². The first-order chi connectivity index (χ1) is 6.74. The van der Waals surface area contributed by atoms with E-state index < -0.39 is 0 Å². The van der Waals surface area contributed by atoms with E-state index in [1.807, 2.05) is 4.90 Å². The van der Waals surface area contributed by atoms with E-state index in [-0.39, 0.29) is 12.5 Å². The SMILES string of the molecule is COCC(=O)N1CC2CNCC2C1C. The molecule has 2 heterocycles.